The third-order valence-corrected chi connectivity index (χ3v) is 5.41. The van der Waals surface area contributed by atoms with E-state index < -0.39 is 12.1 Å². The number of anilines is 1. The van der Waals surface area contributed by atoms with E-state index in [1.165, 1.54) is 0 Å². The zero-order chi connectivity index (χ0) is 24.6. The molecule has 0 saturated heterocycles. The van der Waals surface area contributed by atoms with Crippen LogP contribution in [0.4, 0.5) is 6.01 Å². The van der Waals surface area contributed by atoms with Crippen molar-refractivity contribution in [3.8, 4) is 17.2 Å². The van der Waals surface area contributed by atoms with E-state index in [1.807, 2.05) is 53.4 Å². The molecule has 0 aliphatic rings. The Kier molecular flexibility index (Phi) is 7.72. The van der Waals surface area contributed by atoms with Crippen LogP contribution < -0.4 is 14.4 Å². The van der Waals surface area contributed by atoms with Gasteiger partial charge in [0, 0.05) is 19.2 Å². The molecule has 0 fully saturated rings. The van der Waals surface area contributed by atoms with E-state index in [0.29, 0.717) is 55.4 Å². The first-order chi connectivity index (χ1) is 17.0. The summed E-state index contributed by atoms with van der Waals surface area (Å²) >= 11 is 0. The summed E-state index contributed by atoms with van der Waals surface area (Å²) in [5.41, 5.74) is 2.05. The number of benzene rings is 3. The first kappa shape index (κ1) is 23.9. The molecule has 4 rings (SSSR count). The maximum atomic E-state index is 11.4. The first-order valence-electron chi connectivity index (χ1n) is 11.5. The number of phenolic OH excluding ortho intramolecular Hbond substituents is 1. The lowest BCUT2D eigenvalue weighted by Gasteiger charge is -2.21. The van der Waals surface area contributed by atoms with Crippen molar-refractivity contribution in [1.29, 1.82) is 0 Å². The van der Waals surface area contributed by atoms with Crippen LogP contribution in [0.15, 0.2) is 77.2 Å². The molecule has 182 valence electrons. The van der Waals surface area contributed by atoms with Crippen molar-refractivity contribution in [2.75, 3.05) is 18.1 Å². The monoisotopic (exact) mass is 476 g/mol. The molecule has 35 heavy (non-hydrogen) atoms. The molecule has 4 aromatic rings. The second-order valence-corrected chi connectivity index (χ2v) is 8.09. The van der Waals surface area contributed by atoms with Gasteiger partial charge in [-0.1, -0.05) is 37.3 Å². The van der Waals surface area contributed by atoms with Crippen molar-refractivity contribution in [3.05, 3.63) is 78.4 Å². The lowest BCUT2D eigenvalue weighted by molar-refractivity contribution is -0.145. The number of hydrogen-bond acceptors (Lipinski definition) is 7. The lowest BCUT2D eigenvalue weighted by atomic mass is 10.2. The topological polar surface area (TPSA) is 105 Å². The fraction of sp³-hybridized carbons (Fsp3) is 0.259. The van der Waals surface area contributed by atoms with Gasteiger partial charge >= 0.3 is 5.97 Å². The number of aliphatic carboxylic acids is 1. The van der Waals surface area contributed by atoms with Crippen LogP contribution in [0.2, 0.25) is 0 Å². The van der Waals surface area contributed by atoms with E-state index in [4.69, 9.17) is 13.9 Å². The molecule has 1 unspecified atom stereocenters. The average Bonchev–Trinajstić information content (AvgIpc) is 3.28. The zero-order valence-electron chi connectivity index (χ0n) is 19.5. The lowest BCUT2D eigenvalue weighted by Crippen LogP contribution is -2.27. The van der Waals surface area contributed by atoms with Crippen molar-refractivity contribution < 1.29 is 28.9 Å². The number of aromatic hydroxyl groups is 1. The molecule has 8 heteroatoms. The largest absolute Gasteiger partial charge is 0.508 e. The van der Waals surface area contributed by atoms with E-state index in [9.17, 15) is 15.0 Å². The number of hydrogen-bond donors (Lipinski definition) is 2. The Labute approximate surface area is 203 Å². The molecule has 0 aliphatic heterocycles. The highest BCUT2D eigenvalue weighted by Gasteiger charge is 2.18. The molecule has 0 amide bonds. The number of rotatable bonds is 12. The van der Waals surface area contributed by atoms with Crippen molar-refractivity contribution in [3.63, 3.8) is 0 Å². The van der Waals surface area contributed by atoms with Gasteiger partial charge in [-0.3, -0.25) is 0 Å². The molecule has 0 saturated carbocycles. The van der Waals surface area contributed by atoms with E-state index in [2.05, 4.69) is 4.98 Å². The molecule has 0 bridgehead atoms. The van der Waals surface area contributed by atoms with Crippen LogP contribution in [-0.2, 0) is 11.3 Å². The van der Waals surface area contributed by atoms with Crippen molar-refractivity contribution >= 4 is 23.1 Å². The van der Waals surface area contributed by atoms with Crippen LogP contribution in [0.1, 0.15) is 25.3 Å². The molecule has 1 heterocycles. The molecule has 1 aromatic heterocycles. The van der Waals surface area contributed by atoms with Gasteiger partial charge in [0.25, 0.3) is 6.01 Å². The van der Waals surface area contributed by atoms with Gasteiger partial charge in [0.05, 0.1) is 6.61 Å². The predicted octanol–water partition coefficient (Wildman–Crippen LogP) is 5.25. The molecule has 2 N–H and O–H groups in total. The average molecular weight is 477 g/mol. The van der Waals surface area contributed by atoms with Crippen molar-refractivity contribution in [2.45, 2.75) is 32.4 Å². The Morgan fingerprint density at radius 1 is 1.06 bits per heavy atom. The third-order valence-electron chi connectivity index (χ3n) is 5.41. The number of carboxylic acids is 1. The summed E-state index contributed by atoms with van der Waals surface area (Å²) in [6, 6.07) is 22.2. The number of nitrogens with zero attached hydrogens (tertiary/aromatic N) is 2. The number of oxazole rings is 1. The van der Waals surface area contributed by atoms with E-state index in [0.717, 1.165) is 11.3 Å². The summed E-state index contributed by atoms with van der Waals surface area (Å²) < 4.78 is 17.5. The van der Waals surface area contributed by atoms with Gasteiger partial charge in [0.2, 0.25) is 0 Å². The first-order valence-corrected chi connectivity index (χ1v) is 11.5. The van der Waals surface area contributed by atoms with Crippen LogP contribution >= 0.6 is 0 Å². The van der Waals surface area contributed by atoms with Crippen LogP contribution in [0, 0.1) is 0 Å². The summed E-state index contributed by atoms with van der Waals surface area (Å²) in [7, 11) is 0. The molecule has 3 aromatic carbocycles. The number of carbonyl (C=O) groups is 1. The third kappa shape index (κ3) is 6.44. The van der Waals surface area contributed by atoms with Crippen LogP contribution in [-0.4, -0.2) is 40.4 Å². The Hall–Kier alpha value is -4.20. The summed E-state index contributed by atoms with van der Waals surface area (Å²) in [6.07, 6.45) is 0.177. The predicted molar refractivity (Wildman–Crippen MR) is 132 cm³/mol. The number of ether oxygens (including phenoxy) is 2. The van der Waals surface area contributed by atoms with E-state index in [-0.39, 0.29) is 5.75 Å². The van der Waals surface area contributed by atoms with Crippen LogP contribution in [0.3, 0.4) is 0 Å². The Balaban J connectivity index is 1.50. The van der Waals surface area contributed by atoms with Gasteiger partial charge in [-0.05, 0) is 54.8 Å². The Bertz CT molecular complexity index is 1260. The maximum Gasteiger partial charge on any atom is 0.344 e. The fourth-order valence-corrected chi connectivity index (χ4v) is 3.65. The van der Waals surface area contributed by atoms with Gasteiger partial charge in [-0.25, -0.2) is 4.79 Å². The second-order valence-electron chi connectivity index (χ2n) is 8.09. The number of aromatic nitrogens is 1. The normalized spacial score (nSPS) is 11.8. The molecule has 1 atom stereocenters. The fourth-order valence-electron chi connectivity index (χ4n) is 3.65. The number of carboxylic acid groups (broad SMARTS) is 1. The molecular formula is C27H28N2O6. The smallest absolute Gasteiger partial charge is 0.344 e. The standard InChI is InChI=1S/C27H28N2O6/c1-2-24(26(31)32)34-22-11-6-8-19(16-22)18-29(14-7-15-33-21-9-4-3-5-10-21)27-28-23-17-20(30)12-13-25(23)35-27/h3-6,8-13,16-17,24,30H,2,7,14-15,18H2,1H3,(H,31,32). The summed E-state index contributed by atoms with van der Waals surface area (Å²) in [6.45, 7) is 3.35. The highest BCUT2D eigenvalue weighted by Crippen LogP contribution is 2.27. The number of fused-ring (bicyclic) bond motifs is 1. The van der Waals surface area contributed by atoms with Crippen LogP contribution in [0.25, 0.3) is 11.1 Å². The minimum absolute atomic E-state index is 0.119. The molecule has 0 spiro atoms. The molecular weight excluding hydrogens is 448 g/mol. The minimum Gasteiger partial charge on any atom is -0.508 e. The summed E-state index contributed by atoms with van der Waals surface area (Å²) in [5, 5.41) is 19.1. The Morgan fingerprint density at radius 2 is 1.86 bits per heavy atom. The van der Waals surface area contributed by atoms with E-state index in [1.54, 1.807) is 31.2 Å². The Morgan fingerprint density at radius 3 is 2.63 bits per heavy atom. The minimum atomic E-state index is -0.993. The summed E-state index contributed by atoms with van der Waals surface area (Å²) in [4.78, 5) is 17.9. The highest BCUT2D eigenvalue weighted by atomic mass is 16.5. The SMILES string of the molecule is CCC(Oc1cccc(CN(CCCOc2ccccc2)c2nc3cc(O)ccc3o2)c1)C(=O)O. The van der Waals surface area contributed by atoms with Gasteiger partial charge < -0.3 is 29.0 Å². The van der Waals surface area contributed by atoms with Crippen molar-refractivity contribution in [1.82, 2.24) is 4.98 Å². The molecule has 0 aliphatic carbocycles. The number of para-hydroxylation sites is 1. The zero-order valence-corrected chi connectivity index (χ0v) is 19.5. The van der Waals surface area contributed by atoms with Gasteiger partial charge in [-0.15, -0.1) is 0 Å². The number of phenols is 1. The summed E-state index contributed by atoms with van der Waals surface area (Å²) in [5.74, 6) is 0.429. The quantitative estimate of drug-likeness (QED) is 0.267. The maximum absolute atomic E-state index is 11.4. The van der Waals surface area contributed by atoms with Crippen LogP contribution in [0.5, 0.6) is 17.2 Å². The van der Waals surface area contributed by atoms with Crippen molar-refractivity contribution in [2.24, 2.45) is 0 Å². The highest BCUT2D eigenvalue weighted by molar-refractivity contribution is 5.76. The molecule has 8 nitrogen and oxygen atoms in total. The second kappa shape index (κ2) is 11.3. The van der Waals surface area contributed by atoms with E-state index >= 15 is 0 Å². The van der Waals surface area contributed by atoms with Gasteiger partial charge in [-0.2, -0.15) is 4.98 Å². The van der Waals surface area contributed by atoms with Gasteiger partial charge in [0.1, 0.15) is 22.8 Å². The van der Waals surface area contributed by atoms with Gasteiger partial charge in [0.15, 0.2) is 11.7 Å². The molecule has 0 radical (unpaired) electrons.